The fourth-order valence-corrected chi connectivity index (χ4v) is 2.19. The number of methoxy groups -OCH3 is 1. The third-order valence-corrected chi connectivity index (χ3v) is 3.15. The highest BCUT2D eigenvalue weighted by atomic mass is 32.1. The van der Waals surface area contributed by atoms with Crippen molar-refractivity contribution in [2.75, 3.05) is 24.4 Å². The molecule has 2 rings (SSSR count). The molecule has 0 radical (unpaired) electrons. The first kappa shape index (κ1) is 15.1. The minimum Gasteiger partial charge on any atom is -0.383 e. The Kier molecular flexibility index (Phi) is 4.95. The molecule has 0 fully saturated rings. The van der Waals surface area contributed by atoms with Gasteiger partial charge in [0.2, 0.25) is 11.6 Å². The largest absolute Gasteiger partial charge is 0.383 e. The van der Waals surface area contributed by atoms with Gasteiger partial charge in [-0.1, -0.05) is 0 Å². The van der Waals surface area contributed by atoms with Crippen molar-refractivity contribution in [2.24, 2.45) is 0 Å². The Labute approximate surface area is 124 Å². The van der Waals surface area contributed by atoms with Crippen LogP contribution in [0.5, 0.6) is 0 Å². The highest BCUT2D eigenvalue weighted by Crippen LogP contribution is 2.31. The highest BCUT2D eigenvalue weighted by Gasteiger charge is 2.24. The molecule has 21 heavy (non-hydrogen) atoms. The first-order chi connectivity index (χ1) is 10.1. The molecule has 2 aromatic heterocycles. The molecule has 0 saturated heterocycles. The minimum atomic E-state index is -0.530. The number of ether oxygens (including phenoxy) is 1. The Balaban J connectivity index is 2.30. The number of hydrogen-bond donors (Lipinski definition) is 2. The molecular formula is C11H14N6O3S. The zero-order chi connectivity index (χ0) is 15.2. The van der Waals surface area contributed by atoms with Crippen LogP contribution >= 0.6 is 11.3 Å². The second kappa shape index (κ2) is 6.90. The Morgan fingerprint density at radius 1 is 1.43 bits per heavy atom. The summed E-state index contributed by atoms with van der Waals surface area (Å²) in [5.41, 5.74) is -0.226. The van der Waals surface area contributed by atoms with Crippen LogP contribution in [-0.4, -0.2) is 39.6 Å². The van der Waals surface area contributed by atoms with Crippen LogP contribution in [-0.2, 0) is 4.74 Å². The molecule has 112 valence electrons. The van der Waals surface area contributed by atoms with Crippen molar-refractivity contribution in [1.82, 2.24) is 15.0 Å². The Bertz CT molecular complexity index is 606. The molecule has 0 bridgehead atoms. The predicted molar refractivity (Wildman–Crippen MR) is 79.0 cm³/mol. The third-order valence-electron chi connectivity index (χ3n) is 2.46. The van der Waals surface area contributed by atoms with E-state index in [1.165, 1.54) is 17.7 Å². The van der Waals surface area contributed by atoms with Gasteiger partial charge in [-0.25, -0.2) is 15.0 Å². The summed E-state index contributed by atoms with van der Waals surface area (Å²) in [6.45, 7) is 2.24. The van der Waals surface area contributed by atoms with Gasteiger partial charge in [0.15, 0.2) is 5.13 Å². The number of aromatic nitrogens is 3. The summed E-state index contributed by atoms with van der Waals surface area (Å²) in [5.74, 6) is 0.232. The summed E-state index contributed by atoms with van der Waals surface area (Å²) < 4.78 is 4.99. The fraction of sp³-hybridized carbons (Fsp3) is 0.364. The lowest BCUT2D eigenvalue weighted by atomic mass is 10.3. The van der Waals surface area contributed by atoms with Crippen molar-refractivity contribution in [3.63, 3.8) is 0 Å². The van der Waals surface area contributed by atoms with E-state index >= 15 is 0 Å². The maximum Gasteiger partial charge on any atom is 0.353 e. The Morgan fingerprint density at radius 3 is 2.81 bits per heavy atom. The SMILES string of the molecule is COCC(C)Nc1ncnc(Nc2nccs2)c1[N+](=O)[O-]. The van der Waals surface area contributed by atoms with E-state index in [2.05, 4.69) is 25.6 Å². The third kappa shape index (κ3) is 3.83. The van der Waals surface area contributed by atoms with E-state index in [4.69, 9.17) is 4.74 Å². The molecule has 2 aromatic rings. The van der Waals surface area contributed by atoms with Crippen molar-refractivity contribution in [3.8, 4) is 0 Å². The van der Waals surface area contributed by atoms with Crippen LogP contribution in [0.25, 0.3) is 0 Å². The molecular weight excluding hydrogens is 296 g/mol. The number of anilines is 3. The van der Waals surface area contributed by atoms with Gasteiger partial charge in [-0.15, -0.1) is 11.3 Å². The van der Waals surface area contributed by atoms with Crippen molar-refractivity contribution < 1.29 is 9.66 Å². The smallest absolute Gasteiger partial charge is 0.353 e. The standard InChI is InChI=1S/C11H14N6O3S/c1-7(5-20-2)15-9-8(17(18)19)10(14-6-13-9)16-11-12-3-4-21-11/h3-4,6-7H,5H2,1-2H3,(H2,12,13,14,15,16). The van der Waals surface area contributed by atoms with Gasteiger partial charge in [-0.05, 0) is 6.92 Å². The molecule has 0 amide bonds. The molecule has 2 heterocycles. The van der Waals surface area contributed by atoms with Crippen molar-refractivity contribution in [1.29, 1.82) is 0 Å². The summed E-state index contributed by atoms with van der Waals surface area (Å²) in [4.78, 5) is 22.6. The molecule has 0 saturated carbocycles. The molecule has 1 atom stereocenters. The summed E-state index contributed by atoms with van der Waals surface area (Å²) in [6, 6.07) is -0.128. The van der Waals surface area contributed by atoms with E-state index in [9.17, 15) is 10.1 Å². The van der Waals surface area contributed by atoms with E-state index in [0.29, 0.717) is 11.7 Å². The maximum absolute atomic E-state index is 11.3. The van der Waals surface area contributed by atoms with Crippen LogP contribution in [0, 0.1) is 10.1 Å². The van der Waals surface area contributed by atoms with E-state index in [-0.39, 0.29) is 23.4 Å². The summed E-state index contributed by atoms with van der Waals surface area (Å²) in [7, 11) is 1.56. The zero-order valence-electron chi connectivity index (χ0n) is 11.4. The zero-order valence-corrected chi connectivity index (χ0v) is 12.3. The normalized spacial score (nSPS) is 11.9. The lowest BCUT2D eigenvalue weighted by Crippen LogP contribution is -2.22. The topological polar surface area (TPSA) is 115 Å². The predicted octanol–water partition coefficient (Wildman–Crippen LogP) is 2.03. The lowest BCUT2D eigenvalue weighted by Gasteiger charge is -2.14. The Morgan fingerprint density at radius 2 is 2.19 bits per heavy atom. The molecule has 0 aliphatic carbocycles. The Hall–Kier alpha value is -2.33. The first-order valence-electron chi connectivity index (χ1n) is 6.03. The fourth-order valence-electron chi connectivity index (χ4n) is 1.66. The summed E-state index contributed by atoms with van der Waals surface area (Å²) >= 11 is 1.32. The van der Waals surface area contributed by atoms with Gasteiger partial charge >= 0.3 is 5.69 Å². The summed E-state index contributed by atoms with van der Waals surface area (Å²) in [5, 5.41) is 19.3. The minimum absolute atomic E-state index is 0.0945. The van der Waals surface area contributed by atoms with E-state index < -0.39 is 4.92 Å². The number of nitrogens with one attached hydrogen (secondary N) is 2. The summed E-state index contributed by atoms with van der Waals surface area (Å²) in [6.07, 6.45) is 2.85. The van der Waals surface area contributed by atoms with Gasteiger partial charge < -0.3 is 15.4 Å². The van der Waals surface area contributed by atoms with Gasteiger partial charge in [0.05, 0.1) is 11.5 Å². The monoisotopic (exact) mass is 310 g/mol. The number of nitro groups is 1. The molecule has 0 aliphatic rings. The molecule has 9 nitrogen and oxygen atoms in total. The number of thiazole rings is 1. The number of nitrogens with zero attached hydrogens (tertiary/aromatic N) is 4. The second-order valence-electron chi connectivity index (χ2n) is 4.14. The second-order valence-corrected chi connectivity index (χ2v) is 5.03. The molecule has 10 heteroatoms. The van der Waals surface area contributed by atoms with Crippen LogP contribution in [0.4, 0.5) is 22.5 Å². The molecule has 2 N–H and O–H groups in total. The van der Waals surface area contributed by atoms with Gasteiger partial charge in [-0.3, -0.25) is 10.1 Å². The molecule has 0 spiro atoms. The average molecular weight is 310 g/mol. The van der Waals surface area contributed by atoms with Gasteiger partial charge in [0.25, 0.3) is 0 Å². The average Bonchev–Trinajstić information content (AvgIpc) is 2.91. The molecule has 0 aromatic carbocycles. The van der Waals surface area contributed by atoms with Crippen LogP contribution in [0.2, 0.25) is 0 Å². The van der Waals surface area contributed by atoms with Crippen molar-refractivity contribution in [3.05, 3.63) is 28.0 Å². The maximum atomic E-state index is 11.3. The van der Waals surface area contributed by atoms with E-state index in [1.807, 2.05) is 6.92 Å². The number of rotatable bonds is 7. The van der Waals surface area contributed by atoms with Crippen molar-refractivity contribution in [2.45, 2.75) is 13.0 Å². The van der Waals surface area contributed by atoms with Crippen LogP contribution in [0.1, 0.15) is 6.92 Å². The first-order valence-corrected chi connectivity index (χ1v) is 6.91. The highest BCUT2D eigenvalue weighted by molar-refractivity contribution is 7.13. The molecule has 1 unspecified atom stereocenters. The number of hydrogen-bond acceptors (Lipinski definition) is 9. The van der Waals surface area contributed by atoms with Gasteiger partial charge in [0.1, 0.15) is 6.33 Å². The molecule has 0 aliphatic heterocycles. The van der Waals surface area contributed by atoms with Crippen LogP contribution in [0.3, 0.4) is 0 Å². The quantitative estimate of drug-likeness (QED) is 0.589. The van der Waals surface area contributed by atoms with Gasteiger partial charge in [0, 0.05) is 24.7 Å². The van der Waals surface area contributed by atoms with E-state index in [1.54, 1.807) is 18.7 Å². The van der Waals surface area contributed by atoms with E-state index in [0.717, 1.165) is 0 Å². The van der Waals surface area contributed by atoms with Crippen LogP contribution in [0.15, 0.2) is 17.9 Å². The van der Waals surface area contributed by atoms with Gasteiger partial charge in [-0.2, -0.15) is 0 Å². The van der Waals surface area contributed by atoms with Crippen LogP contribution < -0.4 is 10.6 Å². The lowest BCUT2D eigenvalue weighted by molar-refractivity contribution is -0.383. The van der Waals surface area contributed by atoms with Crippen molar-refractivity contribution >= 4 is 33.8 Å².